The summed E-state index contributed by atoms with van der Waals surface area (Å²) < 4.78 is 4.04. The first-order chi connectivity index (χ1) is 22.6. The van der Waals surface area contributed by atoms with Gasteiger partial charge in [-0.05, 0) is 0 Å². The number of aryl methyl sites for hydroxylation is 2. The summed E-state index contributed by atoms with van der Waals surface area (Å²) >= 11 is -2.93. The molecule has 0 fully saturated rings. The summed E-state index contributed by atoms with van der Waals surface area (Å²) in [5, 5.41) is 3.74. The molecule has 0 nitrogen and oxygen atoms in total. The van der Waals surface area contributed by atoms with Crippen molar-refractivity contribution in [3.63, 3.8) is 0 Å². The van der Waals surface area contributed by atoms with E-state index in [1.807, 2.05) is 13.7 Å². The van der Waals surface area contributed by atoms with Crippen molar-refractivity contribution in [1.29, 1.82) is 0 Å². The molecule has 4 aromatic rings. The topological polar surface area (TPSA) is 0 Å². The Morgan fingerprint density at radius 1 is 0.583 bits per heavy atom. The molecule has 4 heteroatoms. The average molecular weight is 760 g/mol. The van der Waals surface area contributed by atoms with E-state index in [0.717, 1.165) is 12.8 Å². The van der Waals surface area contributed by atoms with Gasteiger partial charge in [0, 0.05) is 0 Å². The second kappa shape index (κ2) is 13.5. The Balaban J connectivity index is 1.83. The van der Waals surface area contributed by atoms with Crippen LogP contribution in [0.5, 0.6) is 0 Å². The van der Waals surface area contributed by atoms with Crippen LogP contribution in [0.4, 0.5) is 0 Å². The normalized spacial score (nSPS) is 16.6. The molecule has 0 aliphatic heterocycles. The van der Waals surface area contributed by atoms with Crippen molar-refractivity contribution in [2.75, 3.05) is 0 Å². The molecular formula is C44H56Si3Zr. The molecule has 1 unspecified atom stereocenters. The fraction of sp³-hybridized carbons (Fsp3) is 0.341. The van der Waals surface area contributed by atoms with Crippen molar-refractivity contribution in [1.82, 2.24) is 0 Å². The first kappa shape index (κ1) is 35.6. The number of allylic oxidation sites excluding steroid dienone is 4. The molecule has 0 amide bonds. The van der Waals surface area contributed by atoms with E-state index >= 15 is 0 Å². The molecule has 0 N–H and O–H groups in total. The number of benzene rings is 4. The van der Waals surface area contributed by atoms with Crippen molar-refractivity contribution < 1.29 is 21.3 Å². The van der Waals surface area contributed by atoms with Gasteiger partial charge in [0.15, 0.2) is 0 Å². The summed E-state index contributed by atoms with van der Waals surface area (Å²) in [7, 11) is -4.97. The maximum atomic E-state index is 2.91. The third-order valence-electron chi connectivity index (χ3n) is 10.6. The van der Waals surface area contributed by atoms with Crippen molar-refractivity contribution in [3.05, 3.63) is 150 Å². The van der Waals surface area contributed by atoms with E-state index < -0.39 is 45.5 Å². The third-order valence-corrected chi connectivity index (χ3v) is 26.7. The molecular weight excluding hydrogens is 704 g/mol. The monoisotopic (exact) mass is 758 g/mol. The van der Waals surface area contributed by atoms with Crippen LogP contribution < -0.4 is 0 Å². The van der Waals surface area contributed by atoms with Gasteiger partial charge in [0.25, 0.3) is 0 Å². The Hall–Kier alpha value is -2.24. The maximum absolute atomic E-state index is 2.93. The predicted octanol–water partition coefficient (Wildman–Crippen LogP) is 12.4. The molecule has 6 rings (SSSR count). The minimum atomic E-state index is -2.93. The van der Waals surface area contributed by atoms with E-state index in [4.69, 9.17) is 0 Å². The summed E-state index contributed by atoms with van der Waals surface area (Å²) in [4.78, 5) is 0. The summed E-state index contributed by atoms with van der Waals surface area (Å²) in [5.41, 5.74) is 12.6. The third kappa shape index (κ3) is 6.64. The molecule has 4 aromatic carbocycles. The molecule has 0 aromatic heterocycles. The minimum absolute atomic E-state index is 0.444. The molecule has 248 valence electrons. The van der Waals surface area contributed by atoms with Crippen LogP contribution in [0, 0.1) is 0 Å². The SMILES string of the molecule is CCc1ccc2c(c1)[CH]([Zr]([C]1=CC([Si](C)(C)C)=C([Si](C)(C)C)C1[Si](C)(C)C)=[C](c1ccccc1)c1ccccc1)c1cc(CC)ccc1-2. The average Bonchev–Trinajstić information content (AvgIpc) is 3.62. The molecule has 2 aliphatic carbocycles. The van der Waals surface area contributed by atoms with E-state index in [9.17, 15) is 0 Å². The van der Waals surface area contributed by atoms with Gasteiger partial charge in [0.05, 0.1) is 0 Å². The van der Waals surface area contributed by atoms with Gasteiger partial charge in [-0.2, -0.15) is 0 Å². The van der Waals surface area contributed by atoms with Crippen LogP contribution in [-0.4, -0.2) is 27.4 Å². The van der Waals surface area contributed by atoms with Crippen LogP contribution in [0.15, 0.2) is 117 Å². The molecule has 0 saturated heterocycles. The molecule has 0 saturated carbocycles. The van der Waals surface area contributed by atoms with E-state index in [1.54, 1.807) is 14.3 Å². The molecule has 0 spiro atoms. The summed E-state index contributed by atoms with van der Waals surface area (Å²) in [6.07, 6.45) is 5.06. The Bertz CT molecular complexity index is 1830. The zero-order chi connectivity index (χ0) is 34.6. The molecule has 48 heavy (non-hydrogen) atoms. The van der Waals surface area contributed by atoms with Gasteiger partial charge in [0.1, 0.15) is 0 Å². The van der Waals surface area contributed by atoms with Crippen LogP contribution in [0.25, 0.3) is 11.1 Å². The standard InChI is InChI=1S/C17H17.C14H29Si3.C13H10.Zr/c1-3-12-5-7-16-14(9-12)11-15-10-13(4-2)6-8-17(15)16;1-15(2,3)12-10-11-13(16(4,5)6)14(12)17(7,8)9;1-3-7-12(8-4-1)11-13-9-5-2-6-10-13;/h5-11H,3-4H2,1-2H3;10,13H,1-9H3;1-10H;. The Labute approximate surface area is 302 Å². The van der Waals surface area contributed by atoms with Crippen LogP contribution in [0.1, 0.15) is 50.9 Å². The van der Waals surface area contributed by atoms with Gasteiger partial charge in [0.2, 0.25) is 0 Å². The van der Waals surface area contributed by atoms with Crippen molar-refractivity contribution >= 4 is 27.4 Å². The fourth-order valence-corrected chi connectivity index (χ4v) is 32.9. The first-order valence-corrected chi connectivity index (χ1v) is 32.7. The van der Waals surface area contributed by atoms with Gasteiger partial charge >= 0.3 is 305 Å². The second-order valence-corrected chi connectivity index (χ2v) is 38.7. The summed E-state index contributed by atoms with van der Waals surface area (Å²) in [6.45, 7) is 28.5. The zero-order valence-corrected chi connectivity index (χ0v) is 36.8. The Kier molecular flexibility index (Phi) is 9.99. The van der Waals surface area contributed by atoms with Crippen molar-refractivity contribution in [2.24, 2.45) is 0 Å². The molecule has 1 atom stereocenters. The molecule has 2 aliphatic rings. The zero-order valence-electron chi connectivity index (χ0n) is 31.4. The van der Waals surface area contributed by atoms with Crippen LogP contribution >= 0.6 is 0 Å². The Morgan fingerprint density at radius 2 is 1.04 bits per heavy atom. The van der Waals surface area contributed by atoms with Crippen molar-refractivity contribution in [2.45, 2.75) is 94.8 Å². The van der Waals surface area contributed by atoms with E-state index in [1.165, 1.54) is 33.4 Å². The summed E-state index contributed by atoms with van der Waals surface area (Å²) in [6, 6.07) is 38.2. The van der Waals surface area contributed by atoms with Crippen LogP contribution in [0.3, 0.4) is 0 Å². The molecule has 0 radical (unpaired) electrons. The van der Waals surface area contributed by atoms with E-state index in [-0.39, 0.29) is 0 Å². The quantitative estimate of drug-likeness (QED) is 0.149. The van der Waals surface area contributed by atoms with Gasteiger partial charge in [-0.25, -0.2) is 0 Å². The number of hydrogen-bond acceptors (Lipinski definition) is 0. The van der Waals surface area contributed by atoms with E-state index in [2.05, 4.69) is 176 Å². The Morgan fingerprint density at radius 3 is 1.42 bits per heavy atom. The van der Waals surface area contributed by atoms with Gasteiger partial charge < -0.3 is 0 Å². The summed E-state index contributed by atoms with van der Waals surface area (Å²) in [5.74, 6) is 0. The second-order valence-electron chi connectivity index (χ2n) is 17.2. The van der Waals surface area contributed by atoms with Crippen LogP contribution in [0.2, 0.25) is 64.5 Å². The van der Waals surface area contributed by atoms with E-state index in [0.29, 0.717) is 9.17 Å². The molecule has 0 bridgehead atoms. The number of rotatable bonds is 9. The van der Waals surface area contributed by atoms with Crippen molar-refractivity contribution in [3.8, 4) is 11.1 Å². The van der Waals surface area contributed by atoms with Gasteiger partial charge in [-0.1, -0.05) is 0 Å². The van der Waals surface area contributed by atoms with Gasteiger partial charge in [-0.15, -0.1) is 0 Å². The fourth-order valence-electron chi connectivity index (χ4n) is 8.47. The number of hydrogen-bond donors (Lipinski definition) is 0. The van der Waals surface area contributed by atoms with Crippen LogP contribution in [-0.2, 0) is 34.1 Å². The first-order valence-electron chi connectivity index (χ1n) is 18.2. The van der Waals surface area contributed by atoms with Gasteiger partial charge in [-0.3, -0.25) is 0 Å². The predicted molar refractivity (Wildman–Crippen MR) is 217 cm³/mol. The number of fused-ring (bicyclic) bond motifs is 3. The molecule has 0 heterocycles.